The van der Waals surface area contributed by atoms with Crippen LogP contribution in [0.4, 0.5) is 0 Å². The van der Waals surface area contributed by atoms with E-state index >= 15 is 0 Å². The standard InChI is InChI=1S/C52H34N2S/c1-3-13-39(14-4-1)53-47-23-9-7-17-43(47)45-21-11-19-41(51(45)53)35-25-29-37(30-26-35)49-33-34-50(55-49)38-31-27-36(28-32-38)42-20-12-22-46-44-18-8-10-24-48(44)54(52(42)46)40-15-5-2-6-16-40/h1-34H. The minimum atomic E-state index is 1.17. The number of fused-ring (bicyclic) bond motifs is 6. The second kappa shape index (κ2) is 12.9. The van der Waals surface area contributed by atoms with Crippen LogP contribution in [-0.4, -0.2) is 9.13 Å². The van der Waals surface area contributed by atoms with Crippen molar-refractivity contribution in [2.75, 3.05) is 0 Å². The van der Waals surface area contributed by atoms with Gasteiger partial charge in [-0.05, 0) is 70.8 Å². The van der Waals surface area contributed by atoms with Crippen LogP contribution in [0, 0.1) is 0 Å². The monoisotopic (exact) mass is 718 g/mol. The molecule has 0 saturated carbocycles. The fourth-order valence-corrected chi connectivity index (χ4v) is 9.49. The molecule has 0 aliphatic carbocycles. The third-order valence-electron chi connectivity index (χ3n) is 11.0. The van der Waals surface area contributed by atoms with Crippen molar-refractivity contribution in [1.29, 1.82) is 0 Å². The van der Waals surface area contributed by atoms with Gasteiger partial charge in [-0.25, -0.2) is 0 Å². The molecule has 55 heavy (non-hydrogen) atoms. The highest BCUT2D eigenvalue weighted by Gasteiger charge is 2.18. The molecule has 8 aromatic carbocycles. The summed E-state index contributed by atoms with van der Waals surface area (Å²) in [5.41, 5.74) is 14.6. The zero-order valence-corrected chi connectivity index (χ0v) is 30.7. The first-order chi connectivity index (χ1) is 27.3. The maximum absolute atomic E-state index is 2.41. The molecule has 0 aliphatic rings. The van der Waals surface area contributed by atoms with Crippen molar-refractivity contribution < 1.29 is 0 Å². The molecule has 0 N–H and O–H groups in total. The van der Waals surface area contributed by atoms with Crippen molar-refractivity contribution in [2.24, 2.45) is 0 Å². The molecule has 0 fully saturated rings. The van der Waals surface area contributed by atoms with Crippen molar-refractivity contribution in [3.05, 3.63) is 206 Å². The van der Waals surface area contributed by atoms with Gasteiger partial charge in [0, 0.05) is 53.8 Å². The van der Waals surface area contributed by atoms with Gasteiger partial charge in [0.2, 0.25) is 0 Å². The Morgan fingerprint density at radius 3 is 1.07 bits per heavy atom. The first-order valence-corrected chi connectivity index (χ1v) is 19.6. The molecule has 258 valence electrons. The molecule has 2 nitrogen and oxygen atoms in total. The van der Waals surface area contributed by atoms with Crippen molar-refractivity contribution in [2.45, 2.75) is 0 Å². The van der Waals surface area contributed by atoms with E-state index in [9.17, 15) is 0 Å². The van der Waals surface area contributed by atoms with Gasteiger partial charge in [0.25, 0.3) is 0 Å². The highest BCUT2D eigenvalue weighted by molar-refractivity contribution is 7.18. The Hall–Kier alpha value is -6.94. The Morgan fingerprint density at radius 1 is 0.273 bits per heavy atom. The molecule has 11 rings (SSSR count). The lowest BCUT2D eigenvalue weighted by atomic mass is 10.00. The number of aromatic nitrogens is 2. The lowest BCUT2D eigenvalue weighted by Gasteiger charge is -2.12. The summed E-state index contributed by atoms with van der Waals surface area (Å²) < 4.78 is 4.82. The Balaban J connectivity index is 0.930. The minimum absolute atomic E-state index is 1.17. The van der Waals surface area contributed by atoms with E-state index in [-0.39, 0.29) is 0 Å². The van der Waals surface area contributed by atoms with E-state index in [0.29, 0.717) is 0 Å². The number of nitrogens with zero attached hydrogens (tertiary/aromatic N) is 2. The van der Waals surface area contributed by atoms with Gasteiger partial charge in [0.1, 0.15) is 0 Å². The summed E-state index contributed by atoms with van der Waals surface area (Å²) in [4.78, 5) is 2.53. The predicted molar refractivity (Wildman–Crippen MR) is 235 cm³/mol. The van der Waals surface area contributed by atoms with E-state index in [0.717, 1.165) is 0 Å². The second-order valence-electron chi connectivity index (χ2n) is 14.1. The third-order valence-corrected chi connectivity index (χ3v) is 12.2. The van der Waals surface area contributed by atoms with Gasteiger partial charge in [-0.15, -0.1) is 11.3 Å². The summed E-state index contributed by atoms with van der Waals surface area (Å²) in [6.07, 6.45) is 0. The first kappa shape index (κ1) is 31.6. The van der Waals surface area contributed by atoms with Gasteiger partial charge in [-0.1, -0.05) is 158 Å². The molecule has 0 bridgehead atoms. The van der Waals surface area contributed by atoms with Crippen LogP contribution in [0.2, 0.25) is 0 Å². The SMILES string of the molecule is c1ccc(-n2c3ccccc3c3cccc(-c4ccc(-c5ccc(-c6ccc(-c7cccc8c9ccccc9n(-c9ccccc9)c78)cc6)s5)cc4)c32)cc1. The van der Waals surface area contributed by atoms with Gasteiger partial charge in [0.15, 0.2) is 0 Å². The van der Waals surface area contributed by atoms with E-state index in [1.165, 1.54) is 98.1 Å². The van der Waals surface area contributed by atoms with Crippen LogP contribution in [0.5, 0.6) is 0 Å². The first-order valence-electron chi connectivity index (χ1n) is 18.8. The number of hydrogen-bond donors (Lipinski definition) is 0. The van der Waals surface area contributed by atoms with Crippen LogP contribution in [0.1, 0.15) is 0 Å². The molecule has 0 spiro atoms. The van der Waals surface area contributed by atoms with Crippen molar-refractivity contribution >= 4 is 54.9 Å². The van der Waals surface area contributed by atoms with Crippen LogP contribution in [-0.2, 0) is 0 Å². The topological polar surface area (TPSA) is 9.86 Å². The van der Waals surface area contributed by atoms with Crippen molar-refractivity contribution in [3.63, 3.8) is 0 Å². The van der Waals surface area contributed by atoms with Gasteiger partial charge in [0.05, 0.1) is 22.1 Å². The van der Waals surface area contributed by atoms with Crippen LogP contribution in [0.3, 0.4) is 0 Å². The second-order valence-corrected chi connectivity index (χ2v) is 15.2. The highest BCUT2D eigenvalue weighted by Crippen LogP contribution is 2.42. The van der Waals surface area contributed by atoms with Gasteiger partial charge >= 0.3 is 0 Å². The van der Waals surface area contributed by atoms with Crippen LogP contribution < -0.4 is 0 Å². The fourth-order valence-electron chi connectivity index (χ4n) is 8.47. The smallest absolute Gasteiger partial charge is 0.0619 e. The van der Waals surface area contributed by atoms with Crippen LogP contribution in [0.25, 0.3) is 98.1 Å². The number of thiophene rings is 1. The molecular formula is C52H34N2S. The molecule has 3 heteroatoms. The number of benzene rings is 8. The largest absolute Gasteiger partial charge is 0.309 e. The molecule has 3 aromatic heterocycles. The zero-order valence-electron chi connectivity index (χ0n) is 29.9. The normalized spacial score (nSPS) is 11.6. The van der Waals surface area contributed by atoms with Gasteiger partial charge in [-0.2, -0.15) is 0 Å². The van der Waals surface area contributed by atoms with Crippen molar-refractivity contribution in [3.8, 4) is 54.5 Å². The molecule has 0 saturated heterocycles. The summed E-state index contributed by atoms with van der Waals surface area (Å²) in [6.45, 7) is 0. The fraction of sp³-hybridized carbons (Fsp3) is 0. The molecule has 0 aliphatic heterocycles. The molecule has 11 aromatic rings. The lowest BCUT2D eigenvalue weighted by Crippen LogP contribution is -1.95. The Morgan fingerprint density at radius 2 is 0.636 bits per heavy atom. The molecule has 0 radical (unpaired) electrons. The lowest BCUT2D eigenvalue weighted by molar-refractivity contribution is 1.18. The van der Waals surface area contributed by atoms with E-state index in [2.05, 4.69) is 215 Å². The van der Waals surface area contributed by atoms with Crippen LogP contribution >= 0.6 is 11.3 Å². The highest BCUT2D eigenvalue weighted by atomic mass is 32.1. The summed E-state index contributed by atoms with van der Waals surface area (Å²) in [5.74, 6) is 0. The Labute approximate surface area is 323 Å². The molecule has 0 amide bonds. The average molecular weight is 719 g/mol. The Kier molecular flexibility index (Phi) is 7.39. The molecule has 0 unspecified atom stereocenters. The number of rotatable bonds is 6. The zero-order chi connectivity index (χ0) is 36.3. The van der Waals surface area contributed by atoms with E-state index in [1.54, 1.807) is 0 Å². The van der Waals surface area contributed by atoms with Crippen LogP contribution in [0.15, 0.2) is 206 Å². The van der Waals surface area contributed by atoms with Gasteiger partial charge in [-0.3, -0.25) is 0 Å². The average Bonchev–Trinajstić information content (AvgIpc) is 3.98. The maximum atomic E-state index is 2.41. The van der Waals surface area contributed by atoms with E-state index in [4.69, 9.17) is 0 Å². The minimum Gasteiger partial charge on any atom is -0.309 e. The van der Waals surface area contributed by atoms with E-state index in [1.807, 2.05) is 11.3 Å². The Bertz CT molecular complexity index is 2950. The third kappa shape index (κ3) is 5.16. The molecular weight excluding hydrogens is 685 g/mol. The molecule has 3 heterocycles. The van der Waals surface area contributed by atoms with E-state index < -0.39 is 0 Å². The summed E-state index contributed by atoms with van der Waals surface area (Å²) in [5, 5.41) is 5.08. The van der Waals surface area contributed by atoms with Gasteiger partial charge < -0.3 is 9.13 Å². The van der Waals surface area contributed by atoms with Crippen molar-refractivity contribution in [1.82, 2.24) is 9.13 Å². The summed E-state index contributed by atoms with van der Waals surface area (Å²) in [7, 11) is 0. The quantitative estimate of drug-likeness (QED) is 0.162. The predicted octanol–water partition coefficient (Wildman–Crippen LogP) is 14.6. The maximum Gasteiger partial charge on any atom is 0.0619 e. The summed E-state index contributed by atoms with van der Waals surface area (Å²) >= 11 is 1.84. The number of para-hydroxylation sites is 6. The molecule has 0 atom stereocenters. The summed E-state index contributed by atoms with van der Waals surface area (Å²) in [6, 6.07) is 75.0. The number of hydrogen-bond acceptors (Lipinski definition) is 1.